The minimum atomic E-state index is -4.23. The number of halogens is 5. The van der Waals surface area contributed by atoms with Gasteiger partial charge in [0.1, 0.15) is 12.0 Å². The number of ether oxygens (including phenoxy) is 1. The molecule has 26 heavy (non-hydrogen) atoms. The number of aldehydes is 1. The summed E-state index contributed by atoms with van der Waals surface area (Å²) in [5.41, 5.74) is -0.0635. The molecular weight excluding hydrogens is 355 g/mol. The molecule has 1 aliphatic carbocycles. The zero-order valence-electron chi connectivity index (χ0n) is 13.7. The van der Waals surface area contributed by atoms with Gasteiger partial charge in [0, 0.05) is 5.56 Å². The first-order valence-corrected chi connectivity index (χ1v) is 8.33. The van der Waals surface area contributed by atoms with Gasteiger partial charge >= 0.3 is 6.18 Å². The molecule has 0 atom stereocenters. The van der Waals surface area contributed by atoms with Crippen LogP contribution in [-0.2, 0) is 0 Å². The predicted octanol–water partition coefficient (Wildman–Crippen LogP) is 6.09. The van der Waals surface area contributed by atoms with Gasteiger partial charge < -0.3 is 4.74 Å². The van der Waals surface area contributed by atoms with Gasteiger partial charge in [0.25, 0.3) is 6.43 Å². The second-order valence-electron chi connectivity index (χ2n) is 6.51. The fourth-order valence-corrected chi connectivity index (χ4v) is 3.43. The maximum atomic E-state index is 13.6. The average molecular weight is 372 g/mol. The Bertz CT molecular complexity index is 792. The molecule has 0 bridgehead atoms. The van der Waals surface area contributed by atoms with Gasteiger partial charge in [-0.2, -0.15) is 13.2 Å². The highest BCUT2D eigenvalue weighted by Gasteiger charge is 2.41. The van der Waals surface area contributed by atoms with Gasteiger partial charge in [-0.25, -0.2) is 8.78 Å². The molecule has 0 unspecified atom stereocenters. The third-order valence-corrected chi connectivity index (χ3v) is 4.83. The predicted molar refractivity (Wildman–Crippen MR) is 86.7 cm³/mol. The van der Waals surface area contributed by atoms with Gasteiger partial charge in [-0.15, -0.1) is 0 Å². The quantitative estimate of drug-likeness (QED) is 0.480. The molecule has 1 fully saturated rings. The summed E-state index contributed by atoms with van der Waals surface area (Å²) in [6, 6.07) is 7.50. The first kappa shape index (κ1) is 18.6. The Morgan fingerprint density at radius 3 is 2.27 bits per heavy atom. The normalized spacial score (nSPS) is 21.2. The van der Waals surface area contributed by atoms with E-state index in [0.29, 0.717) is 11.7 Å². The molecule has 1 aliphatic rings. The van der Waals surface area contributed by atoms with Crippen LogP contribution in [0.15, 0.2) is 30.3 Å². The lowest BCUT2D eigenvalue weighted by Gasteiger charge is -2.30. The highest BCUT2D eigenvalue weighted by molar-refractivity contribution is 5.92. The molecule has 0 heterocycles. The summed E-state index contributed by atoms with van der Waals surface area (Å²) in [5.74, 6) is -1.39. The van der Waals surface area contributed by atoms with Crippen LogP contribution in [0, 0.1) is 5.92 Å². The molecule has 0 aliphatic heterocycles. The third kappa shape index (κ3) is 3.81. The second kappa shape index (κ2) is 7.21. The van der Waals surface area contributed by atoms with Gasteiger partial charge in [-0.3, -0.25) is 4.79 Å². The van der Waals surface area contributed by atoms with Crippen LogP contribution in [0.4, 0.5) is 22.0 Å². The molecule has 1 saturated carbocycles. The molecule has 0 spiro atoms. The molecule has 0 amide bonds. The largest absolute Gasteiger partial charge is 0.490 e. The highest BCUT2D eigenvalue weighted by Crippen LogP contribution is 2.41. The molecule has 7 heteroatoms. The topological polar surface area (TPSA) is 26.3 Å². The van der Waals surface area contributed by atoms with Crippen molar-refractivity contribution in [3.05, 3.63) is 41.5 Å². The van der Waals surface area contributed by atoms with Crippen LogP contribution < -0.4 is 4.74 Å². The van der Waals surface area contributed by atoms with Crippen molar-refractivity contribution in [1.29, 1.82) is 0 Å². The summed E-state index contributed by atoms with van der Waals surface area (Å²) in [7, 11) is 0. The monoisotopic (exact) mass is 372 g/mol. The smallest absolute Gasteiger partial charge is 0.391 e. The first-order valence-electron chi connectivity index (χ1n) is 8.33. The molecular formula is C19H17F5O2. The summed E-state index contributed by atoms with van der Waals surface area (Å²) in [4.78, 5) is 10.9. The molecule has 2 aromatic carbocycles. The second-order valence-corrected chi connectivity index (χ2v) is 6.51. The van der Waals surface area contributed by atoms with E-state index in [0.717, 1.165) is 0 Å². The van der Waals surface area contributed by atoms with Crippen molar-refractivity contribution in [2.24, 2.45) is 5.92 Å². The number of rotatable bonds is 4. The van der Waals surface area contributed by atoms with Gasteiger partial charge in [-0.1, -0.05) is 18.2 Å². The van der Waals surface area contributed by atoms with Crippen LogP contribution in [0.25, 0.3) is 10.8 Å². The van der Waals surface area contributed by atoms with E-state index in [2.05, 4.69) is 0 Å². The molecule has 2 aromatic rings. The lowest BCUT2D eigenvalue weighted by molar-refractivity contribution is -0.185. The van der Waals surface area contributed by atoms with Gasteiger partial charge in [-0.05, 0) is 48.6 Å². The Labute approximate surface area is 146 Å². The van der Waals surface area contributed by atoms with E-state index >= 15 is 0 Å². The highest BCUT2D eigenvalue weighted by atomic mass is 19.4. The van der Waals surface area contributed by atoms with Crippen molar-refractivity contribution in [2.45, 2.75) is 44.4 Å². The van der Waals surface area contributed by atoms with Crippen molar-refractivity contribution in [1.82, 2.24) is 0 Å². The van der Waals surface area contributed by atoms with E-state index < -0.39 is 24.6 Å². The fourth-order valence-electron chi connectivity index (χ4n) is 3.43. The molecule has 0 aromatic heterocycles. The zero-order valence-corrected chi connectivity index (χ0v) is 13.7. The number of hydrogen-bond acceptors (Lipinski definition) is 2. The lowest BCUT2D eigenvalue weighted by Crippen LogP contribution is -2.32. The number of hydrogen-bond donors (Lipinski definition) is 0. The number of fused-ring (bicyclic) bond motifs is 1. The van der Waals surface area contributed by atoms with Crippen LogP contribution in [0.3, 0.4) is 0 Å². The van der Waals surface area contributed by atoms with Crippen molar-refractivity contribution in [2.75, 3.05) is 0 Å². The maximum absolute atomic E-state index is 13.6. The van der Waals surface area contributed by atoms with Gasteiger partial charge in [0.2, 0.25) is 0 Å². The third-order valence-electron chi connectivity index (χ3n) is 4.83. The SMILES string of the molecule is O=Cc1ccc2ccc(O[C@H]3CC[C@@H](C(F)(F)F)CC3)c(C(F)F)c2c1. The number of alkyl halides is 5. The summed E-state index contributed by atoms with van der Waals surface area (Å²) >= 11 is 0. The van der Waals surface area contributed by atoms with Crippen molar-refractivity contribution < 1.29 is 31.5 Å². The van der Waals surface area contributed by atoms with Crippen molar-refractivity contribution in [3.8, 4) is 5.75 Å². The maximum Gasteiger partial charge on any atom is 0.391 e. The number of carbonyl (C=O) groups is 1. The van der Waals surface area contributed by atoms with Crippen molar-refractivity contribution in [3.63, 3.8) is 0 Å². The van der Waals surface area contributed by atoms with Crippen LogP contribution in [0.5, 0.6) is 5.75 Å². The van der Waals surface area contributed by atoms with Gasteiger partial charge in [0.05, 0.1) is 17.6 Å². The Morgan fingerprint density at radius 2 is 1.69 bits per heavy atom. The van der Waals surface area contributed by atoms with E-state index in [-0.39, 0.29) is 47.9 Å². The number of benzene rings is 2. The standard InChI is InChI=1S/C19H17F5O2/c20-18(21)17-15-9-11(10-25)1-2-12(15)3-8-16(17)26-14-6-4-13(5-7-14)19(22,23)24/h1-3,8-10,13-14,18H,4-7H2/t13-,14+. The Balaban J connectivity index is 1.86. The van der Waals surface area contributed by atoms with Gasteiger partial charge in [0.15, 0.2) is 0 Å². The molecule has 140 valence electrons. The Hall–Kier alpha value is -2.18. The summed E-state index contributed by atoms with van der Waals surface area (Å²) in [6.45, 7) is 0. The molecule has 2 nitrogen and oxygen atoms in total. The van der Waals surface area contributed by atoms with Crippen LogP contribution in [-0.4, -0.2) is 18.6 Å². The van der Waals surface area contributed by atoms with Crippen LogP contribution >= 0.6 is 0 Å². The zero-order chi connectivity index (χ0) is 18.9. The van der Waals surface area contributed by atoms with E-state index in [9.17, 15) is 26.7 Å². The summed E-state index contributed by atoms with van der Waals surface area (Å²) in [5, 5.41) is 0.755. The number of carbonyl (C=O) groups excluding carboxylic acids is 1. The van der Waals surface area contributed by atoms with E-state index in [1.807, 2.05) is 0 Å². The minimum Gasteiger partial charge on any atom is -0.490 e. The average Bonchev–Trinajstić information content (AvgIpc) is 2.60. The van der Waals surface area contributed by atoms with Crippen LogP contribution in [0.1, 0.15) is 48.0 Å². The van der Waals surface area contributed by atoms with Crippen LogP contribution in [0.2, 0.25) is 0 Å². The fraction of sp³-hybridized carbons (Fsp3) is 0.421. The Morgan fingerprint density at radius 1 is 1.04 bits per heavy atom. The summed E-state index contributed by atoms with van der Waals surface area (Å²) < 4.78 is 71.2. The molecule has 0 N–H and O–H groups in total. The van der Waals surface area contributed by atoms with E-state index in [4.69, 9.17) is 4.74 Å². The molecule has 0 saturated heterocycles. The first-order chi connectivity index (χ1) is 12.3. The summed E-state index contributed by atoms with van der Waals surface area (Å²) in [6.07, 6.45) is -6.82. The molecule has 3 rings (SSSR count). The van der Waals surface area contributed by atoms with Crippen molar-refractivity contribution >= 4 is 17.1 Å². The van der Waals surface area contributed by atoms with E-state index in [1.165, 1.54) is 18.2 Å². The van der Waals surface area contributed by atoms with E-state index in [1.54, 1.807) is 12.1 Å². The molecule has 0 radical (unpaired) electrons. The minimum absolute atomic E-state index is 0.0361. The lowest BCUT2D eigenvalue weighted by atomic mass is 9.87. The Kier molecular flexibility index (Phi) is 5.16.